The zero-order valence-corrected chi connectivity index (χ0v) is 27.2. The third-order valence-corrected chi connectivity index (χ3v) is 8.39. The van der Waals surface area contributed by atoms with Crippen LogP contribution in [0.1, 0.15) is 54.0 Å². The van der Waals surface area contributed by atoms with E-state index in [1.54, 1.807) is 48.5 Å². The maximum Gasteiger partial charge on any atom is 0.283 e. The van der Waals surface area contributed by atoms with E-state index in [2.05, 4.69) is 20.4 Å². The van der Waals surface area contributed by atoms with Gasteiger partial charge in [-0.25, -0.2) is 14.4 Å². The predicted octanol–water partition coefficient (Wildman–Crippen LogP) is 4.40. The Hall–Kier alpha value is -5.56. The molecule has 1 saturated heterocycles. The van der Waals surface area contributed by atoms with Gasteiger partial charge >= 0.3 is 0 Å². The van der Waals surface area contributed by atoms with Crippen LogP contribution in [-0.2, 0) is 17.2 Å². The van der Waals surface area contributed by atoms with Gasteiger partial charge in [-0.2, -0.15) is 9.78 Å². The Bertz CT molecular complexity index is 2190. The first-order chi connectivity index (χ1) is 22.9. The number of fused-ring (bicyclic) bond motifs is 1. The molecule has 6 rings (SSSR count). The molecule has 1 atom stereocenters. The Morgan fingerprint density at radius 1 is 1.08 bits per heavy atom. The number of morpholine rings is 1. The summed E-state index contributed by atoms with van der Waals surface area (Å²) in [6, 6.07) is 9.37. The average Bonchev–Trinajstić information content (AvgIpc) is 3.06. The smallest absolute Gasteiger partial charge is 0.283 e. The van der Waals surface area contributed by atoms with Crippen LogP contribution in [0, 0.1) is 5.82 Å². The van der Waals surface area contributed by atoms with Crippen LogP contribution in [0.2, 0.25) is 0 Å². The highest BCUT2D eigenvalue weighted by Gasteiger charge is 2.25. The van der Waals surface area contributed by atoms with Crippen molar-refractivity contribution < 1.29 is 18.7 Å². The Labute approximate surface area is 274 Å². The minimum atomic E-state index is -0.767. The highest BCUT2D eigenvalue weighted by Crippen LogP contribution is 2.29. The SMILES string of the molecule is CC1COCCN1C(=O)c1ccc(Nc2cc(-c3ccnc(-n4ncc5cc(C(C)(C)C)cc(F)c5c4=O)c3C=O)cn(C)c2=O)nc1. The number of aryl methyl sites for hydroxylation is 1. The van der Waals surface area contributed by atoms with Gasteiger partial charge in [0.05, 0.1) is 42.0 Å². The fourth-order valence-electron chi connectivity index (χ4n) is 5.69. The van der Waals surface area contributed by atoms with E-state index in [1.165, 1.54) is 29.2 Å². The molecule has 5 heterocycles. The summed E-state index contributed by atoms with van der Waals surface area (Å²) in [5.74, 6) is -0.619. The minimum absolute atomic E-state index is 0.0149. The summed E-state index contributed by atoms with van der Waals surface area (Å²) < 4.78 is 23.0. The predicted molar refractivity (Wildman–Crippen MR) is 179 cm³/mol. The number of nitrogens with one attached hydrogen (secondary N) is 1. The van der Waals surface area contributed by atoms with Crippen molar-refractivity contribution in [2.75, 3.05) is 25.1 Å². The van der Waals surface area contributed by atoms with Crippen molar-refractivity contribution in [1.82, 2.24) is 29.2 Å². The second-order valence-electron chi connectivity index (χ2n) is 12.8. The van der Waals surface area contributed by atoms with Gasteiger partial charge < -0.3 is 19.5 Å². The standard InChI is InChI=1S/C35H34FN7O5/c1-20-19-48-11-10-42(20)32(45)21-6-7-29(38-15-21)40-28-13-23(17-41(5)33(28)46)25-8-9-37-31(26(25)18-44)43-34(47)30-22(16-39-43)12-24(14-27(30)36)35(2,3)4/h6-9,12-18,20H,10-11,19H2,1-5H3,(H,38,40). The van der Waals surface area contributed by atoms with Crippen molar-refractivity contribution in [3.8, 4) is 16.9 Å². The lowest BCUT2D eigenvalue weighted by atomic mass is 9.86. The molecule has 1 unspecified atom stereocenters. The van der Waals surface area contributed by atoms with Crippen molar-refractivity contribution >= 4 is 34.5 Å². The number of amides is 1. The van der Waals surface area contributed by atoms with Crippen LogP contribution < -0.4 is 16.4 Å². The third kappa shape index (κ3) is 5.99. The maximum atomic E-state index is 15.3. The third-order valence-electron chi connectivity index (χ3n) is 8.39. The molecule has 1 N–H and O–H groups in total. The molecule has 0 bridgehead atoms. The van der Waals surface area contributed by atoms with Crippen LogP contribution in [0.25, 0.3) is 27.7 Å². The van der Waals surface area contributed by atoms with E-state index in [0.29, 0.717) is 59.5 Å². The quantitative estimate of drug-likeness (QED) is 0.265. The van der Waals surface area contributed by atoms with E-state index >= 15 is 4.39 Å². The summed E-state index contributed by atoms with van der Waals surface area (Å²) in [5.41, 5.74) is 0.600. The van der Waals surface area contributed by atoms with Crippen molar-refractivity contribution in [1.29, 1.82) is 0 Å². The number of rotatable bonds is 6. The monoisotopic (exact) mass is 651 g/mol. The lowest BCUT2D eigenvalue weighted by Gasteiger charge is -2.33. The molecular weight excluding hydrogens is 617 g/mol. The Morgan fingerprint density at radius 3 is 2.56 bits per heavy atom. The van der Waals surface area contributed by atoms with Gasteiger partial charge in [0.25, 0.3) is 17.0 Å². The second-order valence-corrected chi connectivity index (χ2v) is 12.8. The molecule has 0 spiro atoms. The molecular formula is C35H34FN7O5. The van der Waals surface area contributed by atoms with E-state index in [1.807, 2.05) is 27.7 Å². The number of halogens is 1. The van der Waals surface area contributed by atoms with Crippen molar-refractivity contribution in [3.05, 3.63) is 104 Å². The Balaban J connectivity index is 1.35. The van der Waals surface area contributed by atoms with Crippen LogP contribution in [0.15, 0.2) is 70.8 Å². The number of anilines is 2. The van der Waals surface area contributed by atoms with Gasteiger partial charge in [0.2, 0.25) is 0 Å². The molecule has 0 saturated carbocycles. The number of ether oxygens (including phenoxy) is 1. The number of aromatic nitrogens is 5. The number of pyridine rings is 3. The van der Waals surface area contributed by atoms with Crippen LogP contribution in [0.4, 0.5) is 15.9 Å². The lowest BCUT2D eigenvalue weighted by Crippen LogP contribution is -2.47. The molecule has 48 heavy (non-hydrogen) atoms. The number of aldehydes is 1. The Kier molecular flexibility index (Phi) is 8.48. The fourth-order valence-corrected chi connectivity index (χ4v) is 5.69. The lowest BCUT2D eigenvalue weighted by molar-refractivity contribution is 0.00357. The molecule has 5 aromatic rings. The summed E-state index contributed by atoms with van der Waals surface area (Å²) in [5, 5.41) is 7.42. The average molecular weight is 652 g/mol. The molecule has 1 aliphatic heterocycles. The number of carbonyl (C=O) groups is 2. The van der Waals surface area contributed by atoms with Gasteiger partial charge in [-0.1, -0.05) is 20.8 Å². The summed E-state index contributed by atoms with van der Waals surface area (Å²) in [7, 11) is 1.56. The van der Waals surface area contributed by atoms with Crippen molar-refractivity contribution in [2.45, 2.75) is 39.2 Å². The first-order valence-corrected chi connectivity index (χ1v) is 15.4. The largest absolute Gasteiger partial charge is 0.377 e. The van der Waals surface area contributed by atoms with Crippen molar-refractivity contribution in [2.24, 2.45) is 7.05 Å². The van der Waals surface area contributed by atoms with E-state index in [4.69, 9.17) is 4.74 Å². The summed E-state index contributed by atoms with van der Waals surface area (Å²) in [4.78, 5) is 62.6. The molecule has 246 valence electrons. The summed E-state index contributed by atoms with van der Waals surface area (Å²) in [6.45, 7) is 9.17. The molecule has 1 fully saturated rings. The van der Waals surface area contributed by atoms with Gasteiger partial charge in [0, 0.05) is 43.1 Å². The Morgan fingerprint density at radius 2 is 1.88 bits per heavy atom. The van der Waals surface area contributed by atoms with Crippen LogP contribution in [-0.4, -0.2) is 67.2 Å². The van der Waals surface area contributed by atoms with Gasteiger partial charge in [-0.05, 0) is 59.9 Å². The molecule has 12 nitrogen and oxygen atoms in total. The van der Waals surface area contributed by atoms with E-state index in [9.17, 15) is 19.2 Å². The van der Waals surface area contributed by atoms with E-state index in [0.717, 1.165) is 4.68 Å². The van der Waals surface area contributed by atoms with Crippen molar-refractivity contribution in [3.63, 3.8) is 0 Å². The highest BCUT2D eigenvalue weighted by atomic mass is 19.1. The number of benzene rings is 1. The van der Waals surface area contributed by atoms with Gasteiger partial charge in [0.15, 0.2) is 12.1 Å². The number of hydrogen-bond acceptors (Lipinski definition) is 9. The number of carbonyl (C=O) groups excluding carboxylic acids is 2. The van der Waals surface area contributed by atoms with Gasteiger partial charge in [-0.3, -0.25) is 19.2 Å². The normalized spacial score (nSPS) is 15.0. The molecule has 4 aromatic heterocycles. The van der Waals surface area contributed by atoms with Crippen LogP contribution >= 0.6 is 0 Å². The van der Waals surface area contributed by atoms with E-state index < -0.39 is 11.4 Å². The first kappa shape index (κ1) is 32.4. The molecule has 0 aliphatic carbocycles. The maximum absolute atomic E-state index is 15.3. The second kappa shape index (κ2) is 12.6. The summed E-state index contributed by atoms with van der Waals surface area (Å²) >= 11 is 0. The first-order valence-electron chi connectivity index (χ1n) is 15.4. The van der Waals surface area contributed by atoms with Gasteiger partial charge in [-0.15, -0.1) is 0 Å². The molecule has 1 aliphatic rings. The van der Waals surface area contributed by atoms with E-state index in [-0.39, 0.29) is 45.4 Å². The molecule has 1 aromatic carbocycles. The number of nitrogens with zero attached hydrogens (tertiary/aromatic N) is 6. The van der Waals surface area contributed by atoms with Crippen LogP contribution in [0.5, 0.6) is 0 Å². The minimum Gasteiger partial charge on any atom is -0.377 e. The zero-order chi connectivity index (χ0) is 34.3. The zero-order valence-electron chi connectivity index (χ0n) is 27.2. The highest BCUT2D eigenvalue weighted by molar-refractivity contribution is 5.94. The molecule has 13 heteroatoms. The van der Waals surface area contributed by atoms with Gasteiger partial charge in [0.1, 0.15) is 17.3 Å². The van der Waals surface area contributed by atoms with Crippen LogP contribution in [0.3, 0.4) is 0 Å². The molecule has 0 radical (unpaired) electrons. The molecule has 1 amide bonds. The topological polar surface area (TPSA) is 141 Å². The fraction of sp³-hybridized carbons (Fsp3) is 0.286. The summed E-state index contributed by atoms with van der Waals surface area (Å²) in [6.07, 6.45) is 6.31. The number of hydrogen-bond donors (Lipinski definition) is 1.